The number of nitrogens with zero attached hydrogens (tertiary/aromatic N) is 2. The zero-order valence-corrected chi connectivity index (χ0v) is 9.17. The summed E-state index contributed by atoms with van der Waals surface area (Å²) in [6.45, 7) is 4.05. The van der Waals surface area contributed by atoms with E-state index in [4.69, 9.17) is 16.3 Å². The summed E-state index contributed by atoms with van der Waals surface area (Å²) in [5, 5.41) is -0.0108. The highest BCUT2D eigenvalue weighted by molar-refractivity contribution is 6.30. The molecular weight excluding hydrogens is 219 g/mol. The van der Waals surface area contributed by atoms with E-state index in [1.54, 1.807) is 0 Å². The van der Waals surface area contributed by atoms with Gasteiger partial charge in [0.1, 0.15) is 12.0 Å². The number of rotatable bonds is 3. The number of hydrogen-bond donors (Lipinski definition) is 0. The van der Waals surface area contributed by atoms with Crippen LogP contribution < -0.4 is 4.74 Å². The van der Waals surface area contributed by atoms with E-state index in [1.165, 1.54) is 18.7 Å². The maximum Gasteiger partial charge on any atom is 0.231 e. The Morgan fingerprint density at radius 3 is 2.87 bits per heavy atom. The Balaban J connectivity index is 2.00. The Hall–Kier alpha value is -0.870. The van der Waals surface area contributed by atoms with Crippen molar-refractivity contribution in [3.63, 3.8) is 0 Å². The smallest absolute Gasteiger partial charge is 0.231 e. The molecule has 2 heterocycles. The number of ether oxygens (including phenoxy) is 1. The van der Waals surface area contributed by atoms with E-state index in [1.807, 2.05) is 6.92 Å². The van der Waals surface area contributed by atoms with E-state index in [0.29, 0.717) is 5.75 Å². The van der Waals surface area contributed by atoms with Crippen molar-refractivity contribution >= 4 is 11.6 Å². The second-order valence-electron chi connectivity index (χ2n) is 3.55. The zero-order chi connectivity index (χ0) is 10.8. The van der Waals surface area contributed by atoms with Crippen molar-refractivity contribution in [2.75, 3.05) is 13.1 Å². The van der Waals surface area contributed by atoms with Crippen LogP contribution in [0.15, 0.2) is 12.3 Å². The predicted molar refractivity (Wildman–Crippen MR) is 55.5 cm³/mol. The number of pyridine rings is 1. The van der Waals surface area contributed by atoms with Gasteiger partial charge in [-0.25, -0.2) is 4.98 Å². The molecule has 0 amide bonds. The standard InChI is InChI=1S/C10H12ClFN2O/c1-7(14-3-2-4-14)15-8-5-9(11)10(12)13-6-8/h5-7H,2-4H2,1H3. The summed E-state index contributed by atoms with van der Waals surface area (Å²) in [6, 6.07) is 1.44. The Labute approximate surface area is 92.8 Å². The molecule has 82 valence electrons. The molecule has 1 aliphatic heterocycles. The van der Waals surface area contributed by atoms with Crippen molar-refractivity contribution in [2.45, 2.75) is 19.6 Å². The van der Waals surface area contributed by atoms with Crippen LogP contribution in [0, 0.1) is 5.95 Å². The molecule has 0 N–H and O–H groups in total. The highest BCUT2D eigenvalue weighted by Crippen LogP contribution is 2.21. The largest absolute Gasteiger partial charge is 0.474 e. The van der Waals surface area contributed by atoms with Crippen LogP contribution in [0.1, 0.15) is 13.3 Å². The SMILES string of the molecule is CC(Oc1cnc(F)c(Cl)c1)N1CCC1. The number of likely N-dealkylation sites (tertiary alicyclic amines) is 1. The van der Waals surface area contributed by atoms with E-state index < -0.39 is 5.95 Å². The Bertz CT molecular complexity index is 357. The molecule has 0 saturated carbocycles. The van der Waals surface area contributed by atoms with Gasteiger partial charge < -0.3 is 4.74 Å². The minimum Gasteiger partial charge on any atom is -0.474 e. The van der Waals surface area contributed by atoms with Crippen LogP contribution in [-0.4, -0.2) is 29.2 Å². The first-order valence-electron chi connectivity index (χ1n) is 4.88. The van der Waals surface area contributed by atoms with E-state index in [0.717, 1.165) is 13.1 Å². The number of hydrogen-bond acceptors (Lipinski definition) is 3. The van der Waals surface area contributed by atoms with Crippen molar-refractivity contribution in [3.05, 3.63) is 23.2 Å². The van der Waals surface area contributed by atoms with Crippen LogP contribution in [-0.2, 0) is 0 Å². The molecule has 5 heteroatoms. The highest BCUT2D eigenvalue weighted by atomic mass is 35.5. The lowest BCUT2D eigenvalue weighted by molar-refractivity contribution is -0.00267. The van der Waals surface area contributed by atoms with Gasteiger partial charge in [0.25, 0.3) is 0 Å². The van der Waals surface area contributed by atoms with Gasteiger partial charge in [0.15, 0.2) is 0 Å². The lowest BCUT2D eigenvalue weighted by Gasteiger charge is -2.35. The quantitative estimate of drug-likeness (QED) is 0.746. The van der Waals surface area contributed by atoms with Gasteiger partial charge in [-0.05, 0) is 13.3 Å². The molecule has 1 saturated heterocycles. The minimum absolute atomic E-state index is 0.0108. The van der Waals surface area contributed by atoms with Crippen molar-refractivity contribution in [1.29, 1.82) is 0 Å². The van der Waals surface area contributed by atoms with Gasteiger partial charge in [0.05, 0.1) is 11.2 Å². The second kappa shape index (κ2) is 4.33. The second-order valence-corrected chi connectivity index (χ2v) is 3.96. The molecular formula is C10H12ClFN2O. The molecule has 0 bridgehead atoms. The Kier molecular flexibility index (Phi) is 3.07. The van der Waals surface area contributed by atoms with Gasteiger partial charge in [-0.1, -0.05) is 11.6 Å². The van der Waals surface area contributed by atoms with Gasteiger partial charge in [-0.3, -0.25) is 4.90 Å². The molecule has 2 rings (SSSR count). The van der Waals surface area contributed by atoms with Gasteiger partial charge >= 0.3 is 0 Å². The fourth-order valence-corrected chi connectivity index (χ4v) is 1.60. The third kappa shape index (κ3) is 2.38. The Morgan fingerprint density at radius 2 is 2.33 bits per heavy atom. The normalized spacial score (nSPS) is 18.3. The lowest BCUT2D eigenvalue weighted by Crippen LogP contribution is -2.46. The van der Waals surface area contributed by atoms with Crippen LogP contribution in [0.3, 0.4) is 0 Å². The molecule has 3 nitrogen and oxygen atoms in total. The van der Waals surface area contributed by atoms with Gasteiger partial charge in [0.2, 0.25) is 5.95 Å². The molecule has 1 aromatic heterocycles. The fourth-order valence-electron chi connectivity index (χ4n) is 1.44. The van der Waals surface area contributed by atoms with Crippen LogP contribution >= 0.6 is 11.6 Å². The monoisotopic (exact) mass is 230 g/mol. The molecule has 0 aromatic carbocycles. The first kappa shape index (κ1) is 10.6. The summed E-state index contributed by atoms with van der Waals surface area (Å²) in [4.78, 5) is 5.67. The van der Waals surface area contributed by atoms with Crippen LogP contribution in [0.4, 0.5) is 4.39 Å². The maximum absolute atomic E-state index is 12.8. The van der Waals surface area contributed by atoms with Gasteiger partial charge in [0, 0.05) is 19.2 Å². The fraction of sp³-hybridized carbons (Fsp3) is 0.500. The highest BCUT2D eigenvalue weighted by Gasteiger charge is 2.21. The summed E-state index contributed by atoms with van der Waals surface area (Å²) >= 11 is 5.59. The molecule has 0 spiro atoms. The van der Waals surface area contributed by atoms with Crippen molar-refractivity contribution in [1.82, 2.24) is 9.88 Å². The summed E-state index contributed by atoms with van der Waals surface area (Å²) in [5.74, 6) is -0.165. The maximum atomic E-state index is 12.8. The predicted octanol–water partition coefficient (Wildman–Crippen LogP) is 2.30. The van der Waals surface area contributed by atoms with Crippen LogP contribution in [0.2, 0.25) is 5.02 Å². The van der Waals surface area contributed by atoms with E-state index in [9.17, 15) is 4.39 Å². The number of halogens is 2. The van der Waals surface area contributed by atoms with E-state index in [2.05, 4.69) is 9.88 Å². The molecule has 15 heavy (non-hydrogen) atoms. The van der Waals surface area contributed by atoms with Crippen molar-refractivity contribution in [3.8, 4) is 5.75 Å². The summed E-state index contributed by atoms with van der Waals surface area (Å²) in [6.07, 6.45) is 2.54. The summed E-state index contributed by atoms with van der Waals surface area (Å²) < 4.78 is 18.3. The topological polar surface area (TPSA) is 25.4 Å². The van der Waals surface area contributed by atoms with E-state index in [-0.39, 0.29) is 11.3 Å². The zero-order valence-electron chi connectivity index (χ0n) is 8.41. The van der Waals surface area contributed by atoms with E-state index >= 15 is 0 Å². The third-order valence-corrected chi connectivity index (χ3v) is 2.75. The van der Waals surface area contributed by atoms with Crippen molar-refractivity contribution in [2.24, 2.45) is 0 Å². The van der Waals surface area contributed by atoms with Crippen LogP contribution in [0.25, 0.3) is 0 Å². The molecule has 0 aliphatic carbocycles. The minimum atomic E-state index is -0.666. The Morgan fingerprint density at radius 1 is 1.60 bits per heavy atom. The third-order valence-electron chi connectivity index (χ3n) is 2.48. The first-order chi connectivity index (χ1) is 7.16. The molecule has 1 fully saturated rings. The van der Waals surface area contributed by atoms with Crippen molar-refractivity contribution < 1.29 is 9.13 Å². The number of aromatic nitrogens is 1. The average molecular weight is 231 g/mol. The lowest BCUT2D eigenvalue weighted by atomic mass is 10.2. The van der Waals surface area contributed by atoms with Crippen LogP contribution in [0.5, 0.6) is 5.75 Å². The molecule has 1 atom stereocenters. The molecule has 1 unspecified atom stereocenters. The average Bonchev–Trinajstić information content (AvgIpc) is 2.08. The van der Waals surface area contributed by atoms with Gasteiger partial charge in [-0.2, -0.15) is 4.39 Å². The first-order valence-corrected chi connectivity index (χ1v) is 5.26. The molecule has 1 aromatic rings. The molecule has 0 radical (unpaired) electrons. The molecule has 1 aliphatic rings. The summed E-state index contributed by atoms with van der Waals surface area (Å²) in [5.41, 5.74) is 0. The van der Waals surface area contributed by atoms with Gasteiger partial charge in [-0.15, -0.1) is 0 Å². The summed E-state index contributed by atoms with van der Waals surface area (Å²) in [7, 11) is 0.